The Morgan fingerprint density at radius 3 is 2.39 bits per heavy atom. The van der Waals surface area contributed by atoms with E-state index in [1.807, 2.05) is 48.5 Å². The number of carbonyl (C=O) groups is 1. The van der Waals surface area contributed by atoms with Crippen LogP contribution >= 0.6 is 0 Å². The number of carboxylic acid groups (broad SMARTS) is 1. The van der Waals surface area contributed by atoms with Crippen LogP contribution < -0.4 is 0 Å². The number of unbranched alkanes of at least 4 members (excludes halogenated alkanes) is 1. The predicted octanol–water partition coefficient (Wildman–Crippen LogP) is 4.27. The molecule has 3 unspecified atom stereocenters. The Morgan fingerprint density at radius 2 is 1.82 bits per heavy atom. The van der Waals surface area contributed by atoms with Gasteiger partial charge in [0.05, 0.1) is 0 Å². The van der Waals surface area contributed by atoms with E-state index in [-0.39, 0.29) is 12.0 Å². The van der Waals surface area contributed by atoms with Crippen LogP contribution in [0.3, 0.4) is 0 Å². The Bertz CT molecular complexity index is 808. The van der Waals surface area contributed by atoms with E-state index in [0.717, 1.165) is 24.8 Å². The quantitative estimate of drug-likeness (QED) is 0.736. The van der Waals surface area contributed by atoms with Crippen LogP contribution in [0.15, 0.2) is 65.8 Å². The highest BCUT2D eigenvalue weighted by molar-refractivity contribution is 5.95. The summed E-state index contributed by atoms with van der Waals surface area (Å²) >= 11 is 0. The van der Waals surface area contributed by atoms with Gasteiger partial charge in [-0.15, -0.1) is 0 Å². The molecule has 2 aromatic rings. The standard InChI is InChI=1S/C22H25NO5/c1-3-4-15-18(16-11-7-5-8-12-16)27-21-22(26-2,17-13-9-6-10-14-17)19(20(24)25)28-23-21/h5-14,18-19H,3-4,15H2,1-2H3,(H,24,25). The van der Waals surface area contributed by atoms with Gasteiger partial charge in [0.25, 0.3) is 12.0 Å². The number of hydrogen-bond acceptors (Lipinski definition) is 5. The third kappa shape index (κ3) is 3.73. The number of rotatable bonds is 8. The minimum Gasteiger partial charge on any atom is -0.478 e. The van der Waals surface area contributed by atoms with Crippen molar-refractivity contribution in [1.82, 2.24) is 0 Å². The first kappa shape index (κ1) is 19.9. The zero-order chi connectivity index (χ0) is 20.0. The highest BCUT2D eigenvalue weighted by atomic mass is 16.7. The van der Waals surface area contributed by atoms with Crippen molar-refractivity contribution >= 4 is 11.9 Å². The number of ether oxygens (including phenoxy) is 2. The van der Waals surface area contributed by atoms with Crippen LogP contribution in [-0.4, -0.2) is 30.2 Å². The minimum absolute atomic E-state index is 0.124. The minimum atomic E-state index is -1.45. The zero-order valence-corrected chi connectivity index (χ0v) is 16.1. The maximum Gasteiger partial charge on any atom is 0.351 e. The fraction of sp³-hybridized carbons (Fsp3) is 0.364. The van der Waals surface area contributed by atoms with Crippen molar-refractivity contribution in [1.29, 1.82) is 0 Å². The molecule has 2 aromatic carbocycles. The van der Waals surface area contributed by atoms with Gasteiger partial charge in [-0.1, -0.05) is 74.0 Å². The summed E-state index contributed by atoms with van der Waals surface area (Å²) in [5.41, 5.74) is 0.158. The molecule has 1 aliphatic rings. The molecule has 0 spiro atoms. The Kier molecular flexibility index (Phi) is 6.31. The van der Waals surface area contributed by atoms with Crippen LogP contribution in [0.1, 0.15) is 43.4 Å². The monoisotopic (exact) mass is 383 g/mol. The van der Waals surface area contributed by atoms with Crippen molar-refractivity contribution < 1.29 is 24.2 Å². The Hall–Kier alpha value is -2.86. The van der Waals surface area contributed by atoms with Gasteiger partial charge in [-0.3, -0.25) is 0 Å². The average Bonchev–Trinajstić information content (AvgIpc) is 3.11. The summed E-state index contributed by atoms with van der Waals surface area (Å²) in [5.74, 6) is -1.04. The molecule has 0 aliphatic carbocycles. The molecule has 3 rings (SSSR count). The molecule has 0 amide bonds. The highest BCUT2D eigenvalue weighted by Crippen LogP contribution is 2.40. The summed E-state index contributed by atoms with van der Waals surface area (Å²) < 4.78 is 12.0. The molecule has 0 radical (unpaired) electrons. The number of aliphatic carboxylic acids is 1. The second-order valence-electron chi connectivity index (χ2n) is 6.69. The Morgan fingerprint density at radius 1 is 1.18 bits per heavy atom. The number of hydrogen-bond donors (Lipinski definition) is 1. The molecular weight excluding hydrogens is 358 g/mol. The molecule has 6 heteroatoms. The van der Waals surface area contributed by atoms with E-state index in [0.29, 0.717) is 5.56 Å². The van der Waals surface area contributed by atoms with Gasteiger partial charge in [-0.2, -0.15) is 0 Å². The summed E-state index contributed by atoms with van der Waals surface area (Å²) in [5, 5.41) is 13.7. The van der Waals surface area contributed by atoms with Crippen molar-refractivity contribution in [2.24, 2.45) is 5.16 Å². The molecule has 28 heavy (non-hydrogen) atoms. The smallest absolute Gasteiger partial charge is 0.351 e. The number of nitrogens with zero attached hydrogens (tertiary/aromatic N) is 1. The molecule has 148 valence electrons. The van der Waals surface area contributed by atoms with E-state index in [1.54, 1.807) is 12.1 Å². The molecule has 1 heterocycles. The van der Waals surface area contributed by atoms with E-state index >= 15 is 0 Å². The van der Waals surface area contributed by atoms with E-state index < -0.39 is 17.7 Å². The lowest BCUT2D eigenvalue weighted by atomic mass is 9.87. The van der Waals surface area contributed by atoms with Crippen molar-refractivity contribution in [3.05, 3.63) is 71.8 Å². The molecule has 1 N–H and O–H groups in total. The largest absolute Gasteiger partial charge is 0.478 e. The summed E-state index contributed by atoms with van der Waals surface area (Å²) in [6, 6.07) is 18.9. The average molecular weight is 383 g/mol. The van der Waals surface area contributed by atoms with Crippen LogP contribution in [0.4, 0.5) is 0 Å². The van der Waals surface area contributed by atoms with Crippen molar-refractivity contribution in [3.8, 4) is 0 Å². The molecule has 0 fully saturated rings. The lowest BCUT2D eigenvalue weighted by molar-refractivity contribution is -0.163. The van der Waals surface area contributed by atoms with Gasteiger partial charge >= 0.3 is 5.97 Å². The first-order chi connectivity index (χ1) is 13.6. The number of methoxy groups -OCH3 is 1. The maximum absolute atomic E-state index is 11.9. The van der Waals surface area contributed by atoms with Crippen LogP contribution in [0.2, 0.25) is 0 Å². The van der Waals surface area contributed by atoms with Gasteiger partial charge < -0.3 is 19.4 Å². The molecule has 0 saturated carbocycles. The fourth-order valence-corrected chi connectivity index (χ4v) is 3.44. The van der Waals surface area contributed by atoms with Crippen molar-refractivity contribution in [3.63, 3.8) is 0 Å². The lowest BCUT2D eigenvalue weighted by Crippen LogP contribution is -2.49. The van der Waals surface area contributed by atoms with E-state index in [2.05, 4.69) is 12.1 Å². The first-order valence-electron chi connectivity index (χ1n) is 9.42. The summed E-state index contributed by atoms with van der Waals surface area (Å²) in [6.45, 7) is 2.11. The van der Waals surface area contributed by atoms with E-state index in [1.165, 1.54) is 7.11 Å². The van der Waals surface area contributed by atoms with E-state index in [9.17, 15) is 9.90 Å². The Labute approximate surface area is 164 Å². The second kappa shape index (κ2) is 8.89. The van der Waals surface area contributed by atoms with Gasteiger partial charge in [0.2, 0.25) is 5.60 Å². The third-order valence-corrected chi connectivity index (χ3v) is 4.92. The number of carboxylic acids is 1. The zero-order valence-electron chi connectivity index (χ0n) is 16.1. The fourth-order valence-electron chi connectivity index (χ4n) is 3.44. The van der Waals surface area contributed by atoms with Crippen molar-refractivity contribution in [2.45, 2.75) is 44.0 Å². The van der Waals surface area contributed by atoms with Gasteiger partial charge in [0.15, 0.2) is 0 Å². The molecule has 1 aliphatic heterocycles. The second-order valence-corrected chi connectivity index (χ2v) is 6.69. The van der Waals surface area contributed by atoms with Gasteiger partial charge in [0, 0.05) is 7.11 Å². The summed E-state index contributed by atoms with van der Waals surface area (Å²) in [4.78, 5) is 17.2. The predicted molar refractivity (Wildman–Crippen MR) is 105 cm³/mol. The number of benzene rings is 2. The molecule has 6 nitrogen and oxygen atoms in total. The van der Waals surface area contributed by atoms with Gasteiger partial charge in [-0.25, -0.2) is 4.79 Å². The molecule has 0 bridgehead atoms. The third-order valence-electron chi connectivity index (χ3n) is 4.92. The maximum atomic E-state index is 11.9. The summed E-state index contributed by atoms with van der Waals surface area (Å²) in [7, 11) is 1.44. The van der Waals surface area contributed by atoms with Crippen LogP contribution in [0, 0.1) is 0 Å². The summed E-state index contributed by atoms with van der Waals surface area (Å²) in [6.07, 6.45) is 1.13. The molecule has 3 atom stereocenters. The lowest BCUT2D eigenvalue weighted by Gasteiger charge is -2.32. The van der Waals surface area contributed by atoms with Crippen LogP contribution in [0.25, 0.3) is 0 Å². The van der Waals surface area contributed by atoms with E-state index in [4.69, 9.17) is 14.3 Å². The van der Waals surface area contributed by atoms with Crippen LogP contribution in [0.5, 0.6) is 0 Å². The highest BCUT2D eigenvalue weighted by Gasteiger charge is 2.58. The topological polar surface area (TPSA) is 77.4 Å². The van der Waals surface area contributed by atoms with Crippen molar-refractivity contribution in [2.75, 3.05) is 7.11 Å². The molecule has 0 saturated heterocycles. The van der Waals surface area contributed by atoms with Gasteiger partial charge in [-0.05, 0) is 29.1 Å². The first-order valence-corrected chi connectivity index (χ1v) is 9.42. The normalized spacial score (nSPS) is 22.2. The van der Waals surface area contributed by atoms with Gasteiger partial charge in [0.1, 0.15) is 6.10 Å². The SMILES string of the molecule is CCCCC(OC1=NOC(C(=O)O)C1(OC)c1ccccc1)c1ccccc1. The number of oxime groups is 1. The molecule has 0 aromatic heterocycles. The van der Waals surface area contributed by atoms with Crippen LogP contribution in [-0.2, 0) is 24.7 Å². The molecular formula is C22H25NO5. The Balaban J connectivity index is 1.99.